The number of nitrogens with zero attached hydrogens (tertiary/aromatic N) is 1. The monoisotopic (exact) mass is 368 g/mol. The Morgan fingerprint density at radius 3 is 2.58 bits per heavy atom. The molecule has 1 atom stereocenters. The van der Waals surface area contributed by atoms with E-state index in [0.29, 0.717) is 24.5 Å². The van der Waals surface area contributed by atoms with Crippen LogP contribution >= 0.6 is 0 Å². The van der Waals surface area contributed by atoms with Crippen LogP contribution in [0.3, 0.4) is 0 Å². The van der Waals surface area contributed by atoms with E-state index in [2.05, 4.69) is 22.9 Å². The molecule has 2 saturated carbocycles. The van der Waals surface area contributed by atoms with Crippen LogP contribution in [0.5, 0.6) is 0 Å². The van der Waals surface area contributed by atoms with E-state index in [9.17, 15) is 4.79 Å². The fourth-order valence-electron chi connectivity index (χ4n) is 3.44. The Kier molecular flexibility index (Phi) is 8.48. The van der Waals surface area contributed by atoms with E-state index in [1.807, 2.05) is 6.92 Å². The zero-order chi connectivity index (χ0) is 18.8. The first-order valence-corrected chi connectivity index (χ1v) is 10.1. The Morgan fingerprint density at radius 1 is 1.27 bits per heavy atom. The summed E-state index contributed by atoms with van der Waals surface area (Å²) in [7, 11) is 1.76. The molecule has 1 amide bonds. The van der Waals surface area contributed by atoms with Crippen LogP contribution in [0.15, 0.2) is 4.99 Å². The van der Waals surface area contributed by atoms with Gasteiger partial charge in [-0.3, -0.25) is 4.99 Å². The van der Waals surface area contributed by atoms with Gasteiger partial charge in [0.25, 0.3) is 0 Å². The van der Waals surface area contributed by atoms with Crippen molar-refractivity contribution >= 4 is 12.1 Å². The first kappa shape index (κ1) is 20.8. The van der Waals surface area contributed by atoms with E-state index in [1.165, 1.54) is 19.3 Å². The zero-order valence-corrected chi connectivity index (χ0v) is 16.6. The Balaban J connectivity index is 1.86. The van der Waals surface area contributed by atoms with Crippen LogP contribution in [0.1, 0.15) is 52.4 Å². The third-order valence-corrected chi connectivity index (χ3v) is 5.43. The molecule has 7 nitrogen and oxygen atoms in total. The van der Waals surface area contributed by atoms with Gasteiger partial charge in [-0.2, -0.15) is 0 Å². The van der Waals surface area contributed by atoms with Gasteiger partial charge in [0.1, 0.15) is 0 Å². The summed E-state index contributed by atoms with van der Waals surface area (Å²) in [5.41, 5.74) is 0.303. The second-order valence-corrected chi connectivity index (χ2v) is 7.48. The van der Waals surface area contributed by atoms with Gasteiger partial charge in [-0.1, -0.05) is 6.42 Å². The van der Waals surface area contributed by atoms with E-state index >= 15 is 0 Å². The second kappa shape index (κ2) is 10.6. The fourth-order valence-corrected chi connectivity index (χ4v) is 3.44. The van der Waals surface area contributed by atoms with Crippen molar-refractivity contribution < 1.29 is 14.3 Å². The lowest BCUT2D eigenvalue weighted by Crippen LogP contribution is -2.48. The highest BCUT2D eigenvalue weighted by molar-refractivity contribution is 5.80. The number of alkyl carbamates (subject to hydrolysis) is 1. The maximum absolute atomic E-state index is 11.7. The Hall–Kier alpha value is -1.50. The summed E-state index contributed by atoms with van der Waals surface area (Å²) in [6, 6.07) is 0.0871. The molecular weight excluding hydrogens is 332 g/mol. The molecule has 0 spiro atoms. The smallest absolute Gasteiger partial charge is 0.407 e. The van der Waals surface area contributed by atoms with Crippen molar-refractivity contribution in [3.05, 3.63) is 0 Å². The van der Waals surface area contributed by atoms with Gasteiger partial charge < -0.3 is 25.4 Å². The van der Waals surface area contributed by atoms with Crippen LogP contribution in [0.4, 0.5) is 4.79 Å². The number of aliphatic imine (C=N–C) groups is 1. The number of amides is 1. The molecule has 26 heavy (non-hydrogen) atoms. The molecule has 2 aliphatic rings. The molecule has 0 saturated heterocycles. The number of nitrogens with one attached hydrogen (secondary N) is 3. The molecule has 0 aromatic rings. The second-order valence-electron chi connectivity index (χ2n) is 7.48. The Bertz CT molecular complexity index is 462. The van der Waals surface area contributed by atoms with Crippen molar-refractivity contribution in [3.8, 4) is 0 Å². The Morgan fingerprint density at radius 2 is 2.04 bits per heavy atom. The number of carbonyl (C=O) groups excluding carboxylic acids is 1. The molecule has 2 rings (SSSR count). The summed E-state index contributed by atoms with van der Waals surface area (Å²) in [4.78, 5) is 16.6. The van der Waals surface area contributed by atoms with E-state index in [-0.39, 0.29) is 12.1 Å². The molecule has 1 unspecified atom stereocenters. The van der Waals surface area contributed by atoms with Crippen molar-refractivity contribution in [1.29, 1.82) is 0 Å². The van der Waals surface area contributed by atoms with Crippen LogP contribution in [0, 0.1) is 11.3 Å². The molecule has 7 heteroatoms. The Labute approximate surface area is 157 Å². The number of guanidine groups is 1. The van der Waals surface area contributed by atoms with Crippen LogP contribution in [-0.4, -0.2) is 58.1 Å². The molecule has 0 aromatic carbocycles. The maximum atomic E-state index is 11.7. The standard InChI is InChI=1S/C19H36N4O3/c1-4-20-17(22-14-19(9-6-10-19)11-12-25-3)21-13-16(15-7-8-15)23-18(24)26-5-2/h15-16H,4-14H2,1-3H3,(H,23,24)(H2,20,21,22). The van der Waals surface area contributed by atoms with Crippen LogP contribution < -0.4 is 16.0 Å². The van der Waals surface area contributed by atoms with Crippen molar-refractivity contribution in [3.63, 3.8) is 0 Å². The first-order chi connectivity index (χ1) is 12.6. The quantitative estimate of drug-likeness (QED) is 0.385. The van der Waals surface area contributed by atoms with Crippen molar-refractivity contribution in [2.75, 3.05) is 40.0 Å². The first-order valence-electron chi connectivity index (χ1n) is 10.1. The minimum atomic E-state index is -0.332. The summed E-state index contributed by atoms with van der Waals surface area (Å²) in [6.07, 6.45) is 6.81. The summed E-state index contributed by atoms with van der Waals surface area (Å²) in [6.45, 7) is 7.38. The van der Waals surface area contributed by atoms with E-state index in [1.54, 1.807) is 7.11 Å². The molecule has 0 radical (unpaired) electrons. The number of carbonyl (C=O) groups is 1. The van der Waals surface area contributed by atoms with Crippen LogP contribution in [0.25, 0.3) is 0 Å². The van der Waals surface area contributed by atoms with Gasteiger partial charge in [-0.25, -0.2) is 4.79 Å². The molecule has 150 valence electrons. The summed E-state index contributed by atoms with van der Waals surface area (Å²) in [5.74, 6) is 1.36. The molecular formula is C19H36N4O3. The predicted molar refractivity (Wildman–Crippen MR) is 103 cm³/mol. The summed E-state index contributed by atoms with van der Waals surface area (Å²) < 4.78 is 10.3. The lowest BCUT2D eigenvalue weighted by atomic mass is 9.67. The van der Waals surface area contributed by atoms with Crippen molar-refractivity contribution in [1.82, 2.24) is 16.0 Å². The number of hydrogen-bond acceptors (Lipinski definition) is 4. The SMILES string of the molecule is CCNC(=NCC1(CCOC)CCC1)NCC(NC(=O)OCC)C1CC1. The maximum Gasteiger partial charge on any atom is 0.407 e. The fraction of sp³-hybridized carbons (Fsp3) is 0.895. The van der Waals surface area contributed by atoms with Gasteiger partial charge in [0.2, 0.25) is 0 Å². The van der Waals surface area contributed by atoms with Crippen molar-refractivity contribution in [2.24, 2.45) is 16.3 Å². The van der Waals surface area contributed by atoms with E-state index in [0.717, 1.165) is 44.9 Å². The number of hydrogen-bond donors (Lipinski definition) is 3. The third kappa shape index (κ3) is 6.67. The molecule has 0 aromatic heterocycles. The lowest BCUT2D eigenvalue weighted by molar-refractivity contribution is 0.0778. The average Bonchev–Trinajstić information content (AvgIpc) is 3.42. The molecule has 0 aliphatic heterocycles. The molecule has 3 N–H and O–H groups in total. The van der Waals surface area contributed by atoms with Gasteiger partial charge in [0.15, 0.2) is 5.96 Å². The zero-order valence-electron chi connectivity index (χ0n) is 16.6. The molecule has 2 fully saturated rings. The molecule has 0 heterocycles. The van der Waals surface area contributed by atoms with Gasteiger partial charge >= 0.3 is 6.09 Å². The van der Waals surface area contributed by atoms with E-state index in [4.69, 9.17) is 14.5 Å². The highest BCUT2D eigenvalue weighted by Gasteiger charge is 2.36. The third-order valence-electron chi connectivity index (χ3n) is 5.43. The van der Waals surface area contributed by atoms with Gasteiger partial charge in [0.05, 0.1) is 12.6 Å². The highest BCUT2D eigenvalue weighted by Crippen LogP contribution is 2.44. The van der Waals surface area contributed by atoms with Crippen LogP contribution in [-0.2, 0) is 9.47 Å². The van der Waals surface area contributed by atoms with Crippen LogP contribution in [0.2, 0.25) is 0 Å². The lowest BCUT2D eigenvalue weighted by Gasteiger charge is -2.40. The normalized spacial score (nSPS) is 20.0. The highest BCUT2D eigenvalue weighted by atomic mass is 16.5. The summed E-state index contributed by atoms with van der Waals surface area (Å²) in [5, 5.41) is 9.70. The van der Waals surface area contributed by atoms with Gasteiger partial charge in [-0.05, 0) is 57.3 Å². The average molecular weight is 369 g/mol. The molecule has 0 bridgehead atoms. The minimum Gasteiger partial charge on any atom is -0.450 e. The molecule has 2 aliphatic carbocycles. The largest absolute Gasteiger partial charge is 0.450 e. The number of ether oxygens (including phenoxy) is 2. The van der Waals surface area contributed by atoms with Gasteiger partial charge in [0, 0.05) is 33.4 Å². The topological polar surface area (TPSA) is 84.0 Å². The minimum absolute atomic E-state index is 0.0871. The van der Waals surface area contributed by atoms with Crippen molar-refractivity contribution in [2.45, 2.75) is 58.4 Å². The van der Waals surface area contributed by atoms with E-state index < -0.39 is 0 Å². The predicted octanol–water partition coefficient (Wildman–Crippen LogP) is 2.27. The number of methoxy groups -OCH3 is 1. The van der Waals surface area contributed by atoms with Gasteiger partial charge in [-0.15, -0.1) is 0 Å². The summed E-state index contributed by atoms with van der Waals surface area (Å²) >= 11 is 0. The number of rotatable bonds is 11.